The molecule has 32 heavy (non-hydrogen) atoms. The van der Waals surface area contributed by atoms with Crippen LogP contribution in [0.2, 0.25) is 0 Å². The van der Waals surface area contributed by atoms with Gasteiger partial charge in [-0.1, -0.05) is 24.3 Å². The number of carbonyl (C=O) groups excluding carboxylic acids is 1. The minimum Gasteiger partial charge on any atom is -0.368 e. The number of halogens is 1. The molecule has 3 heterocycles. The van der Waals surface area contributed by atoms with E-state index in [2.05, 4.69) is 29.1 Å². The third-order valence-corrected chi connectivity index (χ3v) is 6.69. The molecule has 5 nitrogen and oxygen atoms in total. The van der Waals surface area contributed by atoms with Crippen LogP contribution in [0.25, 0.3) is 16.3 Å². The lowest BCUT2D eigenvalue weighted by atomic mass is 10.1. The normalized spacial score (nSPS) is 14.1. The molecule has 5 rings (SSSR count). The zero-order chi connectivity index (χ0) is 22.1. The number of thiophene rings is 1. The van der Waals surface area contributed by atoms with Crippen molar-refractivity contribution in [2.45, 2.75) is 6.92 Å². The molecular formula is C25H23FN4OS. The maximum atomic E-state index is 13.5. The highest BCUT2D eigenvalue weighted by Crippen LogP contribution is 2.27. The number of nitrogens with zero attached hydrogens (tertiary/aromatic N) is 4. The zero-order valence-electron chi connectivity index (χ0n) is 17.7. The largest absolute Gasteiger partial charge is 0.368 e. The Balaban J connectivity index is 1.42. The molecule has 0 saturated carbocycles. The number of benzene rings is 2. The fourth-order valence-electron chi connectivity index (χ4n) is 4.09. The topological polar surface area (TPSA) is 41.4 Å². The maximum absolute atomic E-state index is 13.5. The smallest absolute Gasteiger partial charge is 0.272 e. The Morgan fingerprint density at radius 2 is 1.72 bits per heavy atom. The lowest BCUT2D eigenvalue weighted by molar-refractivity contribution is 0.0737. The Labute approximate surface area is 190 Å². The van der Waals surface area contributed by atoms with E-state index in [1.165, 1.54) is 23.4 Å². The summed E-state index contributed by atoms with van der Waals surface area (Å²) in [6.45, 7) is 4.94. The summed E-state index contributed by atoms with van der Waals surface area (Å²) >= 11 is 1.57. The van der Waals surface area contributed by atoms with Crippen LogP contribution in [-0.2, 0) is 0 Å². The second-order valence-corrected chi connectivity index (χ2v) is 8.79. The summed E-state index contributed by atoms with van der Waals surface area (Å²) in [6.07, 6.45) is 0. The van der Waals surface area contributed by atoms with Crippen LogP contribution in [-0.4, -0.2) is 46.8 Å². The summed E-state index contributed by atoms with van der Waals surface area (Å²) in [5.74, 6) is -0.381. The SMILES string of the molecule is Cc1ccccc1N1CCN(C(=O)c2cc(-c3cccs3)nn2-c2ccc(F)cc2)CC1. The lowest BCUT2D eigenvalue weighted by Gasteiger charge is -2.36. The van der Waals surface area contributed by atoms with Crippen molar-refractivity contribution in [3.8, 4) is 16.3 Å². The number of aromatic nitrogens is 2. The van der Waals surface area contributed by atoms with Crippen molar-refractivity contribution < 1.29 is 9.18 Å². The third kappa shape index (κ3) is 3.91. The van der Waals surface area contributed by atoms with Crippen molar-refractivity contribution in [2.24, 2.45) is 0 Å². The molecule has 4 aromatic rings. The number of hydrogen-bond donors (Lipinski definition) is 0. The fourth-order valence-corrected chi connectivity index (χ4v) is 4.77. The Kier molecular flexibility index (Phi) is 5.49. The van der Waals surface area contributed by atoms with E-state index in [4.69, 9.17) is 0 Å². The number of anilines is 1. The molecule has 1 amide bonds. The van der Waals surface area contributed by atoms with Gasteiger partial charge in [0.15, 0.2) is 0 Å². The second-order valence-electron chi connectivity index (χ2n) is 7.85. The molecule has 2 aromatic carbocycles. The predicted octanol–water partition coefficient (Wildman–Crippen LogP) is 5.01. The van der Waals surface area contributed by atoms with Crippen molar-refractivity contribution in [3.63, 3.8) is 0 Å². The van der Waals surface area contributed by atoms with Crippen LogP contribution in [0.1, 0.15) is 16.1 Å². The minimum atomic E-state index is -0.320. The molecular weight excluding hydrogens is 423 g/mol. The van der Waals surface area contributed by atoms with Crippen LogP contribution in [0.3, 0.4) is 0 Å². The van der Waals surface area contributed by atoms with E-state index in [-0.39, 0.29) is 11.7 Å². The Hall–Kier alpha value is -3.45. The molecule has 0 atom stereocenters. The second kappa shape index (κ2) is 8.59. The van der Waals surface area contributed by atoms with E-state index >= 15 is 0 Å². The van der Waals surface area contributed by atoms with E-state index in [0.717, 1.165) is 23.7 Å². The standard InChI is InChI=1S/C25H23FN4OS/c1-18-5-2-3-6-22(18)28-12-14-29(15-13-28)25(31)23-17-21(24-7-4-16-32-24)27-30(23)20-10-8-19(26)9-11-20/h2-11,16-17H,12-15H2,1H3. The zero-order valence-corrected chi connectivity index (χ0v) is 18.6. The van der Waals surface area contributed by atoms with Gasteiger partial charge >= 0.3 is 0 Å². The van der Waals surface area contributed by atoms with Gasteiger partial charge in [-0.05, 0) is 60.3 Å². The van der Waals surface area contributed by atoms with Gasteiger partial charge in [0, 0.05) is 31.9 Å². The van der Waals surface area contributed by atoms with Crippen molar-refractivity contribution >= 4 is 22.9 Å². The number of rotatable bonds is 4. The molecule has 0 bridgehead atoms. The highest BCUT2D eigenvalue weighted by Gasteiger charge is 2.27. The third-order valence-electron chi connectivity index (χ3n) is 5.80. The van der Waals surface area contributed by atoms with Crippen LogP contribution in [0.4, 0.5) is 10.1 Å². The first kappa shape index (κ1) is 20.5. The monoisotopic (exact) mass is 446 g/mol. The van der Waals surface area contributed by atoms with E-state index < -0.39 is 0 Å². The van der Waals surface area contributed by atoms with Crippen LogP contribution in [0.5, 0.6) is 0 Å². The van der Waals surface area contributed by atoms with Crippen molar-refractivity contribution in [1.29, 1.82) is 0 Å². The molecule has 1 aliphatic heterocycles. The highest BCUT2D eigenvalue weighted by molar-refractivity contribution is 7.13. The molecule has 1 fully saturated rings. The number of carbonyl (C=O) groups is 1. The molecule has 0 unspecified atom stereocenters. The number of piperazine rings is 1. The predicted molar refractivity (Wildman–Crippen MR) is 126 cm³/mol. The van der Waals surface area contributed by atoms with Crippen LogP contribution >= 0.6 is 11.3 Å². The van der Waals surface area contributed by atoms with E-state index in [1.54, 1.807) is 28.2 Å². The summed E-state index contributed by atoms with van der Waals surface area (Å²) in [5.41, 5.74) is 4.35. The van der Waals surface area contributed by atoms with Gasteiger partial charge in [0.25, 0.3) is 5.91 Å². The van der Waals surface area contributed by atoms with E-state index in [1.807, 2.05) is 40.6 Å². The van der Waals surface area contributed by atoms with Crippen LogP contribution in [0, 0.1) is 12.7 Å². The van der Waals surface area contributed by atoms with Crippen molar-refractivity contribution in [3.05, 3.63) is 89.2 Å². The summed E-state index contributed by atoms with van der Waals surface area (Å²) < 4.78 is 15.1. The number of hydrogen-bond acceptors (Lipinski definition) is 4. The quantitative estimate of drug-likeness (QED) is 0.443. The number of amides is 1. The Morgan fingerprint density at radius 3 is 2.41 bits per heavy atom. The van der Waals surface area contributed by atoms with Gasteiger partial charge in [-0.25, -0.2) is 9.07 Å². The first-order chi connectivity index (χ1) is 15.6. The molecule has 1 aliphatic rings. The Morgan fingerprint density at radius 1 is 0.969 bits per heavy atom. The van der Waals surface area contributed by atoms with Crippen LogP contribution in [0.15, 0.2) is 72.1 Å². The molecule has 0 spiro atoms. The van der Waals surface area contributed by atoms with Gasteiger partial charge in [-0.2, -0.15) is 5.10 Å². The summed E-state index contributed by atoms with van der Waals surface area (Å²) in [5, 5.41) is 6.67. The average Bonchev–Trinajstić information content (AvgIpc) is 3.50. The molecule has 1 saturated heterocycles. The van der Waals surface area contributed by atoms with Gasteiger partial charge in [-0.15, -0.1) is 11.3 Å². The summed E-state index contributed by atoms with van der Waals surface area (Å²) in [6, 6.07) is 20.2. The van der Waals surface area contributed by atoms with Gasteiger partial charge in [0.2, 0.25) is 0 Å². The van der Waals surface area contributed by atoms with Gasteiger partial charge < -0.3 is 9.80 Å². The highest BCUT2D eigenvalue weighted by atomic mass is 32.1. The first-order valence-electron chi connectivity index (χ1n) is 10.6. The van der Waals surface area contributed by atoms with E-state index in [0.29, 0.717) is 24.5 Å². The molecule has 0 radical (unpaired) electrons. The Bertz CT molecular complexity index is 1230. The lowest BCUT2D eigenvalue weighted by Crippen LogP contribution is -2.49. The average molecular weight is 447 g/mol. The van der Waals surface area contributed by atoms with Crippen molar-refractivity contribution in [2.75, 3.05) is 31.1 Å². The molecule has 2 aromatic heterocycles. The summed E-state index contributed by atoms with van der Waals surface area (Å²) in [4.78, 5) is 18.7. The molecule has 0 N–H and O–H groups in total. The minimum absolute atomic E-state index is 0.0611. The number of para-hydroxylation sites is 1. The first-order valence-corrected chi connectivity index (χ1v) is 11.5. The maximum Gasteiger partial charge on any atom is 0.272 e. The van der Waals surface area contributed by atoms with Gasteiger partial charge in [-0.3, -0.25) is 4.79 Å². The molecule has 0 aliphatic carbocycles. The van der Waals surface area contributed by atoms with Crippen LogP contribution < -0.4 is 4.90 Å². The molecule has 162 valence electrons. The number of aryl methyl sites for hydroxylation is 1. The fraction of sp³-hybridized carbons (Fsp3) is 0.200. The van der Waals surface area contributed by atoms with Gasteiger partial charge in [0.1, 0.15) is 17.2 Å². The molecule has 7 heteroatoms. The van der Waals surface area contributed by atoms with Gasteiger partial charge in [0.05, 0.1) is 10.6 Å². The van der Waals surface area contributed by atoms with E-state index in [9.17, 15) is 9.18 Å². The van der Waals surface area contributed by atoms with Crippen molar-refractivity contribution in [1.82, 2.24) is 14.7 Å². The summed E-state index contributed by atoms with van der Waals surface area (Å²) in [7, 11) is 0.